The lowest BCUT2D eigenvalue weighted by Crippen LogP contribution is -2.41. The van der Waals surface area contributed by atoms with Crippen molar-refractivity contribution in [3.8, 4) is 28.7 Å². The Morgan fingerprint density at radius 1 is 0.946 bits per heavy atom. The lowest BCUT2D eigenvalue weighted by atomic mass is 9.66. The van der Waals surface area contributed by atoms with Gasteiger partial charge in [-0.05, 0) is 41.3 Å². The number of carbonyl (C=O) groups excluding carboxylic acids is 2. The average molecular weight is 514 g/mol. The predicted octanol–water partition coefficient (Wildman–Crippen LogP) is 2.94. The van der Waals surface area contributed by atoms with Crippen molar-refractivity contribution in [2.75, 3.05) is 34.7 Å². The Morgan fingerprint density at radius 3 is 2.14 bits per heavy atom. The van der Waals surface area contributed by atoms with E-state index in [0.29, 0.717) is 34.3 Å². The molecule has 5 atom stereocenters. The molecule has 198 valence electrons. The summed E-state index contributed by atoms with van der Waals surface area (Å²) in [6.45, 7) is 3.88. The number of rotatable bonds is 7. The lowest BCUT2D eigenvalue weighted by Gasteiger charge is -2.39. The van der Waals surface area contributed by atoms with E-state index in [9.17, 15) is 9.59 Å². The number of hydrogen-bond acceptors (Lipinski definition) is 10. The van der Waals surface area contributed by atoms with E-state index in [1.165, 1.54) is 21.3 Å². The normalized spacial score (nSPS) is 24.1. The zero-order chi connectivity index (χ0) is 26.4. The Kier molecular flexibility index (Phi) is 6.53. The lowest BCUT2D eigenvalue weighted by molar-refractivity contribution is -0.157. The first kappa shape index (κ1) is 25.0. The SMILES string of the molecule is COc1cc([C@@H]2c3cc4c(cc3[C@H](OC(=O)[C@H](N)C(C)C)[C@H]3COC(=O)[C@@H]23)OCO4)cc(OC)c1OC. The maximum absolute atomic E-state index is 13.2. The van der Waals surface area contributed by atoms with Gasteiger partial charge in [0.2, 0.25) is 12.5 Å². The Bertz CT molecular complexity index is 1200. The number of nitrogens with two attached hydrogens (primary N) is 1. The number of esters is 2. The zero-order valence-corrected chi connectivity index (χ0v) is 21.4. The fourth-order valence-electron chi connectivity index (χ4n) is 5.42. The van der Waals surface area contributed by atoms with Gasteiger partial charge in [0.15, 0.2) is 23.0 Å². The van der Waals surface area contributed by atoms with Crippen LogP contribution in [0.5, 0.6) is 28.7 Å². The zero-order valence-electron chi connectivity index (χ0n) is 21.4. The molecule has 2 aromatic carbocycles. The molecule has 10 nitrogen and oxygen atoms in total. The summed E-state index contributed by atoms with van der Waals surface area (Å²) in [4.78, 5) is 26.2. The third-order valence-electron chi connectivity index (χ3n) is 7.40. The van der Waals surface area contributed by atoms with E-state index in [4.69, 9.17) is 38.9 Å². The fourth-order valence-corrected chi connectivity index (χ4v) is 5.42. The maximum atomic E-state index is 13.2. The van der Waals surface area contributed by atoms with Crippen molar-refractivity contribution in [2.45, 2.75) is 31.9 Å². The monoisotopic (exact) mass is 513 g/mol. The molecule has 2 aliphatic heterocycles. The molecule has 0 bridgehead atoms. The van der Waals surface area contributed by atoms with Crippen LogP contribution >= 0.6 is 0 Å². The first-order chi connectivity index (χ1) is 17.8. The van der Waals surface area contributed by atoms with Crippen LogP contribution in [0.3, 0.4) is 0 Å². The van der Waals surface area contributed by atoms with Crippen molar-refractivity contribution in [1.82, 2.24) is 0 Å². The molecular formula is C27H31NO9. The largest absolute Gasteiger partial charge is 0.493 e. The molecule has 0 aromatic heterocycles. The molecule has 0 amide bonds. The summed E-state index contributed by atoms with van der Waals surface area (Å²) in [5.74, 6) is -0.119. The maximum Gasteiger partial charge on any atom is 0.323 e. The fraction of sp³-hybridized carbons (Fsp3) is 0.481. The highest BCUT2D eigenvalue weighted by molar-refractivity contribution is 5.80. The van der Waals surface area contributed by atoms with Gasteiger partial charge in [0.1, 0.15) is 12.1 Å². The van der Waals surface area contributed by atoms with Gasteiger partial charge in [-0.1, -0.05) is 13.8 Å². The number of benzene rings is 2. The van der Waals surface area contributed by atoms with Crippen LogP contribution in [0, 0.1) is 17.8 Å². The van der Waals surface area contributed by atoms with E-state index in [1.807, 2.05) is 38.1 Å². The summed E-state index contributed by atoms with van der Waals surface area (Å²) in [6, 6.07) is 6.51. The van der Waals surface area contributed by atoms with Crippen LogP contribution in [0.4, 0.5) is 0 Å². The molecule has 3 aliphatic rings. The summed E-state index contributed by atoms with van der Waals surface area (Å²) in [6.07, 6.45) is -0.753. The molecule has 5 rings (SSSR count). The molecule has 37 heavy (non-hydrogen) atoms. The first-order valence-electron chi connectivity index (χ1n) is 12.1. The predicted molar refractivity (Wildman–Crippen MR) is 130 cm³/mol. The van der Waals surface area contributed by atoms with Gasteiger partial charge in [0.25, 0.3) is 0 Å². The number of hydrogen-bond donors (Lipinski definition) is 1. The standard InChI is InChI=1S/C27H31NO9/c1-12(2)23(28)27(30)37-24-15-9-18-17(35-11-36-18)8-14(15)21(22-16(24)10-34-26(22)29)13-6-19(31-3)25(33-5)20(7-13)32-4/h6-9,12,16,21-24H,10-11,28H2,1-5H3/t16-,21+,22+,23+,24-/m0/s1. The highest BCUT2D eigenvalue weighted by atomic mass is 16.7. The third-order valence-corrected chi connectivity index (χ3v) is 7.40. The third kappa shape index (κ3) is 4.09. The molecule has 0 saturated carbocycles. The summed E-state index contributed by atoms with van der Waals surface area (Å²) in [5, 5.41) is 0. The quantitative estimate of drug-likeness (QED) is 0.553. The Balaban J connectivity index is 1.69. The van der Waals surface area contributed by atoms with Crippen LogP contribution in [0.15, 0.2) is 24.3 Å². The van der Waals surface area contributed by atoms with E-state index in [2.05, 4.69) is 0 Å². The number of ether oxygens (including phenoxy) is 7. The van der Waals surface area contributed by atoms with Crippen molar-refractivity contribution >= 4 is 11.9 Å². The van der Waals surface area contributed by atoms with Crippen LogP contribution < -0.4 is 29.4 Å². The van der Waals surface area contributed by atoms with Gasteiger partial charge in [-0.15, -0.1) is 0 Å². The van der Waals surface area contributed by atoms with Crippen molar-refractivity contribution in [2.24, 2.45) is 23.5 Å². The van der Waals surface area contributed by atoms with Gasteiger partial charge in [-0.25, -0.2) is 0 Å². The second-order valence-corrected chi connectivity index (χ2v) is 9.72. The molecule has 2 N–H and O–H groups in total. The van der Waals surface area contributed by atoms with Crippen molar-refractivity contribution < 1.29 is 42.7 Å². The molecular weight excluding hydrogens is 482 g/mol. The molecule has 2 aromatic rings. The highest BCUT2D eigenvalue weighted by Gasteiger charge is 2.54. The molecule has 1 saturated heterocycles. The number of fused-ring (bicyclic) bond motifs is 3. The highest BCUT2D eigenvalue weighted by Crippen LogP contribution is 2.56. The average Bonchev–Trinajstić information content (AvgIpc) is 3.52. The minimum Gasteiger partial charge on any atom is -0.493 e. The Labute approximate surface area is 214 Å². The Hall–Kier alpha value is -3.66. The van der Waals surface area contributed by atoms with E-state index < -0.39 is 35.9 Å². The van der Waals surface area contributed by atoms with E-state index >= 15 is 0 Å². The second-order valence-electron chi connectivity index (χ2n) is 9.72. The van der Waals surface area contributed by atoms with Crippen molar-refractivity contribution in [3.63, 3.8) is 0 Å². The smallest absolute Gasteiger partial charge is 0.323 e. The van der Waals surface area contributed by atoms with Crippen molar-refractivity contribution in [1.29, 1.82) is 0 Å². The van der Waals surface area contributed by atoms with Crippen LogP contribution in [-0.4, -0.2) is 52.7 Å². The summed E-state index contributed by atoms with van der Waals surface area (Å²) < 4.78 is 39.5. The van der Waals surface area contributed by atoms with E-state index in [1.54, 1.807) is 0 Å². The summed E-state index contributed by atoms with van der Waals surface area (Å²) in [7, 11) is 4.60. The van der Waals surface area contributed by atoms with Gasteiger partial charge in [0.05, 0.1) is 33.9 Å². The summed E-state index contributed by atoms with van der Waals surface area (Å²) in [5.41, 5.74) is 8.33. The number of cyclic esters (lactones) is 1. The molecule has 0 spiro atoms. The molecule has 0 radical (unpaired) electrons. The number of methoxy groups -OCH3 is 3. The van der Waals surface area contributed by atoms with Gasteiger partial charge in [-0.3, -0.25) is 9.59 Å². The van der Waals surface area contributed by atoms with E-state index in [-0.39, 0.29) is 25.3 Å². The molecule has 1 aliphatic carbocycles. The van der Waals surface area contributed by atoms with Gasteiger partial charge < -0.3 is 38.9 Å². The van der Waals surface area contributed by atoms with Gasteiger partial charge in [0, 0.05) is 17.4 Å². The van der Waals surface area contributed by atoms with Gasteiger partial charge >= 0.3 is 11.9 Å². The van der Waals surface area contributed by atoms with Gasteiger partial charge in [-0.2, -0.15) is 0 Å². The molecule has 2 heterocycles. The summed E-state index contributed by atoms with van der Waals surface area (Å²) >= 11 is 0. The van der Waals surface area contributed by atoms with Crippen molar-refractivity contribution in [3.05, 3.63) is 41.0 Å². The minimum atomic E-state index is -0.804. The first-order valence-corrected chi connectivity index (χ1v) is 12.1. The van der Waals surface area contributed by atoms with Crippen LogP contribution in [0.1, 0.15) is 42.6 Å². The second kappa shape index (κ2) is 9.66. The molecule has 0 unspecified atom stereocenters. The van der Waals surface area contributed by atoms with Crippen LogP contribution in [-0.2, 0) is 19.1 Å². The van der Waals surface area contributed by atoms with Crippen LogP contribution in [0.25, 0.3) is 0 Å². The van der Waals surface area contributed by atoms with E-state index in [0.717, 1.165) is 11.1 Å². The molecule has 10 heteroatoms. The molecule has 1 fully saturated rings. The minimum absolute atomic E-state index is 0.0741. The topological polar surface area (TPSA) is 125 Å². The number of carbonyl (C=O) groups is 2. The Morgan fingerprint density at radius 2 is 1.57 bits per heavy atom. The van der Waals surface area contributed by atoms with Crippen LogP contribution in [0.2, 0.25) is 0 Å².